The van der Waals surface area contributed by atoms with E-state index < -0.39 is 0 Å². The van der Waals surface area contributed by atoms with Crippen molar-refractivity contribution in [2.45, 2.75) is 20.8 Å². The molecule has 1 N–H and O–H groups in total. The molecule has 1 rings (SSSR count). The van der Waals surface area contributed by atoms with Crippen molar-refractivity contribution in [3.05, 3.63) is 28.2 Å². The van der Waals surface area contributed by atoms with Crippen LogP contribution in [0.1, 0.15) is 26.3 Å². The quantitative estimate of drug-likeness (QED) is 0.927. The summed E-state index contributed by atoms with van der Waals surface area (Å²) in [6.07, 6.45) is 0. The highest BCUT2D eigenvalue weighted by Gasteiger charge is 2.17. The third-order valence-electron chi connectivity index (χ3n) is 2.77. The molecule has 1 amide bonds. The first-order valence-corrected chi connectivity index (χ1v) is 6.25. The lowest BCUT2D eigenvalue weighted by Gasteiger charge is -2.16. The Kier molecular flexibility index (Phi) is 4.71. The normalized spacial score (nSPS) is 12.0. The zero-order valence-corrected chi connectivity index (χ0v) is 11.7. The van der Waals surface area contributed by atoms with E-state index >= 15 is 0 Å². The molecule has 0 aliphatic carbocycles. The van der Waals surface area contributed by atoms with E-state index in [1.165, 1.54) is 0 Å². The van der Waals surface area contributed by atoms with Crippen molar-refractivity contribution in [2.24, 2.45) is 11.8 Å². The van der Waals surface area contributed by atoms with Gasteiger partial charge in [0.2, 0.25) is 5.91 Å². The Bertz CT molecular complexity index is 463. The molecule has 1 aromatic rings. The van der Waals surface area contributed by atoms with Gasteiger partial charge in [-0.1, -0.05) is 36.7 Å². The average Bonchev–Trinajstić information content (AvgIpc) is 2.28. The minimum atomic E-state index is -0.0828. The van der Waals surface area contributed by atoms with Crippen LogP contribution >= 0.6 is 15.9 Å². The number of carbonyl (C=O) groups excluding carboxylic acids is 1. The molecule has 1 atom stereocenters. The summed E-state index contributed by atoms with van der Waals surface area (Å²) in [7, 11) is 0. The molecule has 0 bridgehead atoms. The second kappa shape index (κ2) is 5.83. The average molecular weight is 295 g/mol. The second-order valence-electron chi connectivity index (χ2n) is 4.32. The predicted octanol–water partition coefficient (Wildman–Crippen LogP) is 3.55. The Morgan fingerprint density at radius 3 is 2.59 bits per heavy atom. The van der Waals surface area contributed by atoms with Crippen LogP contribution in [0, 0.1) is 23.2 Å². The number of nitrogens with one attached hydrogen (secondary N) is 1. The summed E-state index contributed by atoms with van der Waals surface area (Å²) in [5, 5.41) is 11.7. The lowest BCUT2D eigenvalue weighted by molar-refractivity contribution is -0.120. The van der Waals surface area contributed by atoms with Gasteiger partial charge in [0.15, 0.2) is 0 Å². The third-order valence-corrected chi connectivity index (χ3v) is 3.27. The molecule has 4 heteroatoms. The third kappa shape index (κ3) is 3.57. The zero-order chi connectivity index (χ0) is 13.0. The Morgan fingerprint density at radius 2 is 2.06 bits per heavy atom. The van der Waals surface area contributed by atoms with Crippen LogP contribution in [0.5, 0.6) is 0 Å². The maximum Gasteiger partial charge on any atom is 0.227 e. The molecule has 1 unspecified atom stereocenters. The standard InChI is InChI=1S/C13H15BrN2O/c1-8(2)9(3)13(17)16-12-6-11(14)5-4-10(12)7-15/h4-6,8-9H,1-3H3,(H,16,17). The Balaban J connectivity index is 2.92. The van der Waals surface area contributed by atoms with Gasteiger partial charge in [0.1, 0.15) is 6.07 Å². The molecule has 0 aliphatic heterocycles. The van der Waals surface area contributed by atoms with Gasteiger partial charge < -0.3 is 5.32 Å². The van der Waals surface area contributed by atoms with Crippen molar-refractivity contribution in [1.29, 1.82) is 5.26 Å². The van der Waals surface area contributed by atoms with Crippen molar-refractivity contribution in [1.82, 2.24) is 0 Å². The van der Waals surface area contributed by atoms with Crippen LogP contribution in [0.25, 0.3) is 0 Å². The van der Waals surface area contributed by atoms with Gasteiger partial charge in [-0.05, 0) is 24.1 Å². The number of rotatable bonds is 3. The molecule has 3 nitrogen and oxygen atoms in total. The van der Waals surface area contributed by atoms with Gasteiger partial charge in [0.05, 0.1) is 11.3 Å². The van der Waals surface area contributed by atoms with E-state index in [4.69, 9.17) is 5.26 Å². The summed E-state index contributed by atoms with van der Waals surface area (Å²) < 4.78 is 0.837. The maximum absolute atomic E-state index is 11.9. The van der Waals surface area contributed by atoms with E-state index in [1.54, 1.807) is 18.2 Å². The van der Waals surface area contributed by atoms with Gasteiger partial charge >= 0.3 is 0 Å². The smallest absolute Gasteiger partial charge is 0.227 e. The topological polar surface area (TPSA) is 52.9 Å². The molecular formula is C13H15BrN2O. The van der Waals surface area contributed by atoms with Crippen molar-refractivity contribution < 1.29 is 4.79 Å². The van der Waals surface area contributed by atoms with Crippen molar-refractivity contribution in [3.8, 4) is 6.07 Å². The molecule has 17 heavy (non-hydrogen) atoms. The molecule has 0 spiro atoms. The number of benzene rings is 1. The molecule has 0 aliphatic rings. The molecule has 0 saturated carbocycles. The van der Waals surface area contributed by atoms with Crippen molar-refractivity contribution >= 4 is 27.5 Å². The number of amides is 1. The first-order chi connectivity index (χ1) is 7.95. The molecule has 1 aromatic carbocycles. The van der Waals surface area contributed by atoms with Crippen LogP contribution in [0.15, 0.2) is 22.7 Å². The first kappa shape index (κ1) is 13.7. The molecule has 0 saturated heterocycles. The second-order valence-corrected chi connectivity index (χ2v) is 5.24. The number of hydrogen-bond acceptors (Lipinski definition) is 2. The Labute approximate surface area is 110 Å². The van der Waals surface area contributed by atoms with Gasteiger partial charge in [-0.3, -0.25) is 4.79 Å². The summed E-state index contributed by atoms with van der Waals surface area (Å²) in [4.78, 5) is 11.9. The van der Waals surface area contributed by atoms with Crippen LogP contribution in [-0.2, 0) is 4.79 Å². The highest BCUT2D eigenvalue weighted by molar-refractivity contribution is 9.10. The lowest BCUT2D eigenvalue weighted by Crippen LogP contribution is -2.24. The number of nitrogens with zero attached hydrogens (tertiary/aromatic N) is 1. The van der Waals surface area contributed by atoms with Gasteiger partial charge in [0, 0.05) is 10.4 Å². The minimum Gasteiger partial charge on any atom is -0.325 e. The molecule has 0 aromatic heterocycles. The SMILES string of the molecule is CC(C)C(C)C(=O)Nc1cc(Br)ccc1C#N. The fourth-order valence-electron chi connectivity index (χ4n) is 1.27. The van der Waals surface area contributed by atoms with E-state index in [0.29, 0.717) is 11.3 Å². The van der Waals surface area contributed by atoms with Gasteiger partial charge in [-0.15, -0.1) is 0 Å². The van der Waals surface area contributed by atoms with Crippen LogP contribution in [-0.4, -0.2) is 5.91 Å². The Morgan fingerprint density at radius 1 is 1.41 bits per heavy atom. The maximum atomic E-state index is 11.9. The van der Waals surface area contributed by atoms with E-state index in [-0.39, 0.29) is 17.7 Å². The van der Waals surface area contributed by atoms with Crippen LogP contribution < -0.4 is 5.32 Å². The summed E-state index contributed by atoms with van der Waals surface area (Å²) in [6.45, 7) is 5.87. The fraction of sp³-hybridized carbons (Fsp3) is 0.385. The van der Waals surface area contributed by atoms with Crippen molar-refractivity contribution in [2.75, 3.05) is 5.32 Å². The number of hydrogen-bond donors (Lipinski definition) is 1. The van der Waals surface area contributed by atoms with E-state index in [1.807, 2.05) is 20.8 Å². The zero-order valence-electron chi connectivity index (χ0n) is 10.1. The largest absolute Gasteiger partial charge is 0.325 e. The summed E-state index contributed by atoms with van der Waals surface area (Å²) >= 11 is 3.32. The van der Waals surface area contributed by atoms with Crippen molar-refractivity contribution in [3.63, 3.8) is 0 Å². The van der Waals surface area contributed by atoms with Gasteiger partial charge in [-0.2, -0.15) is 5.26 Å². The van der Waals surface area contributed by atoms with Gasteiger partial charge in [0.25, 0.3) is 0 Å². The number of anilines is 1. The molecule has 0 radical (unpaired) electrons. The number of carbonyl (C=O) groups is 1. The molecule has 90 valence electrons. The van der Waals surface area contributed by atoms with Crippen LogP contribution in [0.3, 0.4) is 0 Å². The van der Waals surface area contributed by atoms with E-state index in [9.17, 15) is 4.79 Å². The highest BCUT2D eigenvalue weighted by atomic mass is 79.9. The fourth-order valence-corrected chi connectivity index (χ4v) is 1.63. The number of nitriles is 1. The monoisotopic (exact) mass is 294 g/mol. The van der Waals surface area contributed by atoms with E-state index in [2.05, 4.69) is 27.3 Å². The lowest BCUT2D eigenvalue weighted by atomic mass is 9.97. The van der Waals surface area contributed by atoms with Gasteiger partial charge in [-0.25, -0.2) is 0 Å². The molecule has 0 heterocycles. The summed E-state index contributed by atoms with van der Waals surface area (Å²) in [5.41, 5.74) is 1.02. The first-order valence-electron chi connectivity index (χ1n) is 5.46. The van der Waals surface area contributed by atoms with E-state index in [0.717, 1.165) is 4.47 Å². The number of halogens is 1. The van der Waals surface area contributed by atoms with Crippen LogP contribution in [0.4, 0.5) is 5.69 Å². The highest BCUT2D eigenvalue weighted by Crippen LogP contribution is 2.22. The molecular weight excluding hydrogens is 280 g/mol. The summed E-state index contributed by atoms with van der Waals surface area (Å²) in [6, 6.07) is 7.26. The predicted molar refractivity (Wildman–Crippen MR) is 71.5 cm³/mol. The van der Waals surface area contributed by atoms with Crippen LogP contribution in [0.2, 0.25) is 0 Å². The molecule has 0 fully saturated rings. The summed E-state index contributed by atoms with van der Waals surface area (Å²) in [5.74, 6) is 0.128. The minimum absolute atomic E-state index is 0.0606. The Hall–Kier alpha value is -1.34.